The summed E-state index contributed by atoms with van der Waals surface area (Å²) in [5.74, 6) is -1.42. The molecule has 0 aliphatic heterocycles. The van der Waals surface area contributed by atoms with Crippen molar-refractivity contribution in [1.82, 2.24) is 0 Å². The molecule has 0 saturated heterocycles. The first-order chi connectivity index (χ1) is 10.0. The predicted molar refractivity (Wildman–Crippen MR) is 79.2 cm³/mol. The molecule has 2 rings (SSSR count). The lowest BCUT2D eigenvalue weighted by atomic mass is 10.0. The minimum absolute atomic E-state index is 0.125. The van der Waals surface area contributed by atoms with Crippen LogP contribution in [0.15, 0.2) is 42.5 Å². The smallest absolute Gasteiger partial charge is 0.338 e. The topological polar surface area (TPSA) is 89.6 Å². The number of benzene rings is 2. The Morgan fingerprint density at radius 2 is 1.71 bits per heavy atom. The van der Waals surface area contributed by atoms with Gasteiger partial charge in [-0.2, -0.15) is 0 Å². The van der Waals surface area contributed by atoms with E-state index in [9.17, 15) is 9.59 Å². The molecule has 0 aliphatic carbocycles. The molecule has 0 aliphatic rings. The summed E-state index contributed by atoms with van der Waals surface area (Å²) in [5.41, 5.74) is 8.12. The first-order valence-electron chi connectivity index (χ1n) is 6.42. The van der Waals surface area contributed by atoms with E-state index in [4.69, 9.17) is 15.6 Å². The highest BCUT2D eigenvalue weighted by Crippen LogP contribution is 2.24. The summed E-state index contributed by atoms with van der Waals surface area (Å²) in [4.78, 5) is 22.6. The number of rotatable bonds is 4. The fourth-order valence-corrected chi connectivity index (χ4v) is 1.95. The van der Waals surface area contributed by atoms with E-state index in [1.54, 1.807) is 37.3 Å². The van der Waals surface area contributed by atoms with Crippen molar-refractivity contribution in [3.05, 3.63) is 53.6 Å². The molecule has 0 amide bonds. The lowest BCUT2D eigenvalue weighted by Gasteiger charge is -2.07. The lowest BCUT2D eigenvalue weighted by molar-refractivity contribution is 0.0526. The molecule has 108 valence electrons. The van der Waals surface area contributed by atoms with Crippen LogP contribution in [-0.4, -0.2) is 23.7 Å². The van der Waals surface area contributed by atoms with E-state index in [0.29, 0.717) is 23.4 Å². The van der Waals surface area contributed by atoms with E-state index in [1.807, 2.05) is 0 Å². The van der Waals surface area contributed by atoms with Crippen LogP contribution in [0.3, 0.4) is 0 Å². The van der Waals surface area contributed by atoms with E-state index in [0.717, 1.165) is 5.56 Å². The highest BCUT2D eigenvalue weighted by Gasteiger charge is 2.09. The Hall–Kier alpha value is -2.82. The van der Waals surface area contributed by atoms with Crippen molar-refractivity contribution < 1.29 is 19.4 Å². The average Bonchev–Trinajstić information content (AvgIpc) is 2.47. The summed E-state index contributed by atoms with van der Waals surface area (Å²) >= 11 is 0. The van der Waals surface area contributed by atoms with E-state index in [-0.39, 0.29) is 11.5 Å². The zero-order chi connectivity index (χ0) is 15.4. The van der Waals surface area contributed by atoms with Gasteiger partial charge in [0.2, 0.25) is 0 Å². The Morgan fingerprint density at radius 1 is 1.05 bits per heavy atom. The number of carboxylic acids is 1. The Bertz CT molecular complexity index is 677. The van der Waals surface area contributed by atoms with Crippen molar-refractivity contribution in [2.45, 2.75) is 6.92 Å². The Kier molecular flexibility index (Phi) is 4.23. The van der Waals surface area contributed by atoms with Crippen molar-refractivity contribution in [1.29, 1.82) is 0 Å². The van der Waals surface area contributed by atoms with Gasteiger partial charge >= 0.3 is 11.9 Å². The minimum Gasteiger partial charge on any atom is -0.478 e. The summed E-state index contributed by atoms with van der Waals surface area (Å²) in [6, 6.07) is 11.4. The van der Waals surface area contributed by atoms with Gasteiger partial charge in [0.1, 0.15) is 0 Å². The minimum atomic E-state index is -1.04. The van der Waals surface area contributed by atoms with Gasteiger partial charge in [-0.1, -0.05) is 12.1 Å². The van der Waals surface area contributed by atoms with Crippen LogP contribution in [-0.2, 0) is 4.74 Å². The van der Waals surface area contributed by atoms with Crippen molar-refractivity contribution in [3.8, 4) is 11.1 Å². The molecule has 0 spiro atoms. The van der Waals surface area contributed by atoms with Crippen LogP contribution in [0.5, 0.6) is 0 Å². The van der Waals surface area contributed by atoms with Gasteiger partial charge in [-0.25, -0.2) is 9.59 Å². The summed E-state index contributed by atoms with van der Waals surface area (Å²) in [6.45, 7) is 2.06. The summed E-state index contributed by atoms with van der Waals surface area (Å²) in [7, 11) is 0. The van der Waals surface area contributed by atoms with Gasteiger partial charge in [-0.05, 0) is 48.4 Å². The number of nitrogens with two attached hydrogens (primary N) is 1. The third-order valence-electron chi connectivity index (χ3n) is 2.93. The first-order valence-corrected chi connectivity index (χ1v) is 6.42. The maximum atomic E-state index is 11.6. The van der Waals surface area contributed by atoms with Crippen LogP contribution in [0.4, 0.5) is 5.69 Å². The molecule has 2 aromatic rings. The molecule has 0 saturated carbocycles. The molecule has 0 radical (unpaired) electrons. The van der Waals surface area contributed by atoms with Crippen molar-refractivity contribution in [2.75, 3.05) is 12.3 Å². The molecule has 0 unspecified atom stereocenters. The van der Waals surface area contributed by atoms with Gasteiger partial charge in [0.15, 0.2) is 0 Å². The molecular formula is C16H15NO4. The molecule has 0 atom stereocenters. The van der Waals surface area contributed by atoms with E-state index in [1.165, 1.54) is 12.1 Å². The quantitative estimate of drug-likeness (QED) is 0.666. The van der Waals surface area contributed by atoms with Crippen LogP contribution in [0.2, 0.25) is 0 Å². The normalized spacial score (nSPS) is 10.1. The van der Waals surface area contributed by atoms with Crippen LogP contribution < -0.4 is 5.73 Å². The molecule has 0 fully saturated rings. The van der Waals surface area contributed by atoms with Crippen molar-refractivity contribution in [3.63, 3.8) is 0 Å². The van der Waals surface area contributed by atoms with Gasteiger partial charge in [0.05, 0.1) is 17.7 Å². The second-order valence-electron chi connectivity index (χ2n) is 4.45. The maximum absolute atomic E-state index is 11.6. The van der Waals surface area contributed by atoms with Crippen LogP contribution in [0, 0.1) is 0 Å². The molecule has 0 bridgehead atoms. The zero-order valence-corrected chi connectivity index (χ0v) is 11.5. The SMILES string of the molecule is CCOC(=O)c1ccc(-c2cc(N)cc(C(=O)O)c2)cc1. The van der Waals surface area contributed by atoms with E-state index in [2.05, 4.69) is 0 Å². The van der Waals surface area contributed by atoms with E-state index < -0.39 is 5.97 Å². The molecule has 0 aromatic heterocycles. The molecule has 2 aromatic carbocycles. The average molecular weight is 285 g/mol. The number of carbonyl (C=O) groups excluding carboxylic acids is 1. The lowest BCUT2D eigenvalue weighted by Crippen LogP contribution is -2.04. The number of anilines is 1. The number of ether oxygens (including phenoxy) is 1. The Balaban J connectivity index is 2.34. The Labute approximate surface area is 122 Å². The maximum Gasteiger partial charge on any atom is 0.338 e. The molecule has 3 N–H and O–H groups in total. The fraction of sp³-hybridized carbons (Fsp3) is 0.125. The standard InChI is InChI=1S/C16H15NO4/c1-2-21-16(20)11-5-3-10(4-6-11)12-7-13(15(18)19)9-14(17)8-12/h3-9H,2,17H2,1H3,(H,18,19). The van der Waals surface area contributed by atoms with Gasteiger partial charge in [0.25, 0.3) is 0 Å². The summed E-state index contributed by atoms with van der Waals surface area (Å²) < 4.78 is 4.91. The van der Waals surface area contributed by atoms with E-state index >= 15 is 0 Å². The van der Waals surface area contributed by atoms with Gasteiger partial charge in [-0.15, -0.1) is 0 Å². The highest BCUT2D eigenvalue weighted by molar-refractivity contribution is 5.92. The van der Waals surface area contributed by atoms with Gasteiger partial charge in [0, 0.05) is 5.69 Å². The Morgan fingerprint density at radius 3 is 2.29 bits per heavy atom. The van der Waals surface area contributed by atoms with Crippen molar-refractivity contribution >= 4 is 17.6 Å². The third kappa shape index (κ3) is 3.39. The number of hydrogen-bond donors (Lipinski definition) is 2. The number of aromatic carboxylic acids is 1. The number of carbonyl (C=O) groups is 2. The molecule has 5 nitrogen and oxygen atoms in total. The fourth-order valence-electron chi connectivity index (χ4n) is 1.95. The molecular weight excluding hydrogens is 270 g/mol. The van der Waals surface area contributed by atoms with Crippen LogP contribution in [0.25, 0.3) is 11.1 Å². The second-order valence-corrected chi connectivity index (χ2v) is 4.45. The number of nitrogen functional groups attached to an aromatic ring is 1. The monoisotopic (exact) mass is 285 g/mol. The number of carboxylic acid groups (broad SMARTS) is 1. The van der Waals surface area contributed by atoms with Gasteiger partial charge < -0.3 is 15.6 Å². The third-order valence-corrected chi connectivity index (χ3v) is 2.93. The highest BCUT2D eigenvalue weighted by atomic mass is 16.5. The molecule has 0 heterocycles. The molecule has 5 heteroatoms. The van der Waals surface area contributed by atoms with Crippen LogP contribution >= 0.6 is 0 Å². The second kappa shape index (κ2) is 6.09. The first kappa shape index (κ1) is 14.6. The summed E-state index contributed by atoms with van der Waals surface area (Å²) in [5, 5.41) is 9.04. The number of esters is 1. The predicted octanol–water partition coefficient (Wildman–Crippen LogP) is 2.81. The largest absolute Gasteiger partial charge is 0.478 e. The van der Waals surface area contributed by atoms with Crippen molar-refractivity contribution in [2.24, 2.45) is 0 Å². The summed E-state index contributed by atoms with van der Waals surface area (Å²) in [6.07, 6.45) is 0. The number of hydrogen-bond acceptors (Lipinski definition) is 4. The van der Waals surface area contributed by atoms with Gasteiger partial charge in [-0.3, -0.25) is 0 Å². The van der Waals surface area contributed by atoms with Crippen LogP contribution in [0.1, 0.15) is 27.6 Å². The molecule has 21 heavy (non-hydrogen) atoms. The zero-order valence-electron chi connectivity index (χ0n) is 11.5.